The number of nitrogens with one attached hydrogen (secondary N) is 11. The minimum Gasteiger partial charge on any atom is -0.345 e. The fourth-order valence-corrected chi connectivity index (χ4v) is 16.2. The highest BCUT2D eigenvalue weighted by Gasteiger charge is 2.28. The number of carbonyl (C=O) groups excluding carboxylic acids is 8. The molecular weight excluding hydrogens is 1840 g/mol. The van der Waals surface area contributed by atoms with Gasteiger partial charge >= 0.3 is 0 Å². The second-order valence-electron chi connectivity index (χ2n) is 34.8. The number of pyridine rings is 12. The predicted octanol–water partition coefficient (Wildman–Crippen LogP) is 15.4. The van der Waals surface area contributed by atoms with Gasteiger partial charge < -0.3 is 55.5 Å². The topological polar surface area (TPSA) is 570 Å². The molecule has 0 unspecified atom stereocenters. The van der Waals surface area contributed by atoms with Crippen LogP contribution < -0.4 is 16.0 Å². The van der Waals surface area contributed by atoms with Crippen molar-refractivity contribution in [3.05, 3.63) is 200 Å². The van der Waals surface area contributed by atoms with Crippen LogP contribution in [0.3, 0.4) is 0 Å². The molecule has 0 aliphatic heterocycles. The number of hydrogen-bond acceptors (Lipinski definition) is 28. The summed E-state index contributed by atoms with van der Waals surface area (Å²) in [5.41, 5.74) is 20.3. The molecule has 11 N–H and O–H groups in total. The molecule has 20 aromatic rings. The third kappa shape index (κ3) is 21.1. The van der Waals surface area contributed by atoms with E-state index in [1.54, 1.807) is 147 Å². The Hall–Kier alpha value is -18.5. The van der Waals surface area contributed by atoms with Crippen molar-refractivity contribution in [3.63, 3.8) is 0 Å². The number of aromatic amines is 8. The molecule has 0 spiro atoms. The summed E-state index contributed by atoms with van der Waals surface area (Å²) in [6.07, 6.45) is 33.0. The summed E-state index contributed by atoms with van der Waals surface area (Å²) in [5.74, 6) is 1.64. The largest absolute Gasteiger partial charge is 0.345 e. The van der Waals surface area contributed by atoms with Crippen LogP contribution >= 0.6 is 0 Å². The summed E-state index contributed by atoms with van der Waals surface area (Å²) in [6, 6.07) is 17.2. The van der Waals surface area contributed by atoms with Crippen LogP contribution in [0.1, 0.15) is 149 Å². The third-order valence-corrected chi connectivity index (χ3v) is 24.1. The van der Waals surface area contributed by atoms with E-state index in [1.807, 2.05) is 131 Å². The zero-order chi connectivity index (χ0) is 102. The molecule has 0 radical (unpaired) electrons. The molecule has 0 aliphatic rings. The van der Waals surface area contributed by atoms with Crippen LogP contribution in [0.15, 0.2) is 172 Å². The quantitative estimate of drug-likeness (QED) is 0.0217. The first-order valence-electron chi connectivity index (χ1n) is 47.3. The third-order valence-electron chi connectivity index (χ3n) is 24.1. The highest BCUT2D eigenvalue weighted by Crippen LogP contribution is 2.38. The number of nitrogens with zero attached hydrogens (tertiary/aromatic N) is 24. The van der Waals surface area contributed by atoms with E-state index in [9.17, 15) is 38.4 Å². The van der Waals surface area contributed by atoms with Crippen molar-refractivity contribution in [2.45, 2.75) is 109 Å². The zero-order valence-corrected chi connectivity index (χ0v) is 81.9. The average Bonchev–Trinajstić information content (AvgIpc) is 1.61. The lowest BCUT2D eigenvalue weighted by Gasteiger charge is -2.18. The number of aromatic nitrogens is 28. The first-order chi connectivity index (χ1) is 70.2. The molecule has 20 heterocycles. The summed E-state index contributed by atoms with van der Waals surface area (Å²) in [7, 11) is 3.37. The van der Waals surface area contributed by atoms with Crippen molar-refractivity contribution in [3.8, 4) is 90.6 Å². The van der Waals surface area contributed by atoms with Crippen molar-refractivity contribution < 1.29 is 38.4 Å². The molecule has 20 rings (SSSR count). The van der Waals surface area contributed by atoms with Gasteiger partial charge in [0.25, 0.3) is 23.6 Å². The minimum atomic E-state index is -0.183. The number of ketones is 1. The Balaban J connectivity index is 0.000000132. The second kappa shape index (κ2) is 43.1. The Morgan fingerprint density at radius 1 is 0.324 bits per heavy atom. The van der Waals surface area contributed by atoms with Crippen molar-refractivity contribution in [1.82, 2.24) is 160 Å². The highest BCUT2D eigenvalue weighted by atomic mass is 16.2. The van der Waals surface area contributed by atoms with Crippen LogP contribution in [0, 0.1) is 11.8 Å². The van der Waals surface area contributed by atoms with E-state index >= 15 is 0 Å². The van der Waals surface area contributed by atoms with Gasteiger partial charge in [-0.3, -0.25) is 98.6 Å². The molecule has 0 aromatic carbocycles. The Morgan fingerprint density at radius 2 is 0.628 bits per heavy atom. The van der Waals surface area contributed by atoms with Gasteiger partial charge in [0.15, 0.2) is 45.9 Å². The zero-order valence-electron chi connectivity index (χ0n) is 81.9. The maximum Gasteiger partial charge on any atom is 0.257 e. The molecule has 43 heteroatoms. The Kier molecular flexibility index (Phi) is 29.2. The summed E-state index contributed by atoms with van der Waals surface area (Å²) in [4.78, 5) is 190. The molecule has 7 amide bonds. The minimum absolute atomic E-state index is 0.0545. The molecule has 0 bridgehead atoms. The monoisotopic (exact) mass is 1950 g/mol. The first kappa shape index (κ1) is 98.1. The molecule has 0 aliphatic carbocycles. The van der Waals surface area contributed by atoms with Crippen molar-refractivity contribution in [2.24, 2.45) is 11.8 Å². The highest BCUT2D eigenvalue weighted by molar-refractivity contribution is 6.10. The van der Waals surface area contributed by atoms with Gasteiger partial charge in [0.1, 0.15) is 50.6 Å². The fourth-order valence-electron chi connectivity index (χ4n) is 16.2. The molecule has 145 heavy (non-hydrogen) atoms. The van der Waals surface area contributed by atoms with Gasteiger partial charge in [0, 0.05) is 210 Å². The Morgan fingerprint density at radius 3 is 0.924 bits per heavy atom. The summed E-state index contributed by atoms with van der Waals surface area (Å²) in [6.45, 7) is 26.6. The predicted molar refractivity (Wildman–Crippen MR) is 549 cm³/mol. The van der Waals surface area contributed by atoms with Crippen molar-refractivity contribution in [2.75, 3.05) is 69.3 Å². The van der Waals surface area contributed by atoms with E-state index in [0.29, 0.717) is 217 Å². The number of anilines is 3. The van der Waals surface area contributed by atoms with Gasteiger partial charge in [0.2, 0.25) is 17.7 Å². The number of Topliss-reactive ketones (excluding diaryl/α,β-unsaturated/α-hetero) is 1. The van der Waals surface area contributed by atoms with E-state index in [4.69, 9.17) is 15.0 Å². The maximum atomic E-state index is 13.0. The molecule has 0 saturated carbocycles. The number of rotatable bonds is 28. The number of amides is 7. The van der Waals surface area contributed by atoms with E-state index in [0.717, 1.165) is 71.7 Å². The summed E-state index contributed by atoms with van der Waals surface area (Å²) in [5, 5.41) is 41.0. The number of carbonyl (C=O) groups is 8. The molecule has 20 aromatic heterocycles. The van der Waals surface area contributed by atoms with Gasteiger partial charge in [-0.15, -0.1) is 0 Å². The maximum absolute atomic E-state index is 13.0. The van der Waals surface area contributed by atoms with E-state index < -0.39 is 0 Å². The lowest BCUT2D eigenvalue weighted by molar-refractivity contribution is -0.119. The van der Waals surface area contributed by atoms with E-state index in [1.165, 1.54) is 11.1 Å². The molecule has 0 atom stereocenters. The average molecular weight is 1950 g/mol. The fraction of sp³-hybridized carbons (Fsp3) is 0.255. The number of H-pyrrole nitrogens is 8. The Bertz CT molecular complexity index is 8280. The lowest BCUT2D eigenvalue weighted by atomic mass is 10.1. The van der Waals surface area contributed by atoms with Crippen LogP contribution in [0.5, 0.6) is 0 Å². The molecule has 734 valence electrons. The normalized spacial score (nSPS) is 11.3. The van der Waals surface area contributed by atoms with Gasteiger partial charge in [0.05, 0.1) is 126 Å². The number of fused-ring (bicyclic) bond motifs is 8. The molecule has 43 nitrogen and oxygen atoms in total. The number of hydrogen-bond donors (Lipinski definition) is 11. The van der Waals surface area contributed by atoms with Crippen LogP contribution in [-0.4, -0.2) is 261 Å². The van der Waals surface area contributed by atoms with E-state index in [2.05, 4.69) is 141 Å². The van der Waals surface area contributed by atoms with Gasteiger partial charge in [-0.2, -0.15) is 20.4 Å². The van der Waals surface area contributed by atoms with Crippen LogP contribution in [0.25, 0.3) is 179 Å². The van der Waals surface area contributed by atoms with Gasteiger partial charge in [-0.05, 0) is 96.0 Å². The second-order valence-corrected chi connectivity index (χ2v) is 34.8. The summed E-state index contributed by atoms with van der Waals surface area (Å²) >= 11 is 0. The summed E-state index contributed by atoms with van der Waals surface area (Å²) < 4.78 is 0. The Labute approximate surface area is 827 Å². The smallest absolute Gasteiger partial charge is 0.257 e. The SMILES string of the molecule is CC(C)CC(=O)Nc1cncc(-c2cnc3n[nH]c(-c4nc5c(C(=O)N(C)C)cncc5[nH]4)c3c2)c1.CCC(=O)Cc1ccc(-c2cnc3n[nH]c(-c4nc5c(C(=O)N(CC)CC)cncc5[nH]4)c3c2)cn1.CCC(=O)Nc1cncc(-c2cnc3n[nH]c(-c4nc5c(C(=O)N(CC)CC)cncc5[nH]4)c3c2)c1.CCN(CC)C(=O)c1cncc2[nH]c(-c3[nH]nc4ncc(-c5cncc(NC(=O)C(C)C)c5)cc34)nc12. The standard InChI is InChI=1S/C26H27N9O2.C26H26N8O2.2C25H25N9O2/c1-5-35(6-2)26(37)19-12-28-13-20-21(19)32-24(31-20)22-18-8-16(10-29-23(18)34-33-22)15-7-17(11-27-9-15)30-25(36)14(3)4;1-4-18(35)10-17-8-7-15(11-28-17)16-9-19-23(32-33-24(19)29-12-16)25-30-21-14-27-13-20(22(21)31-25)26(36)34(5-2)6-3;1-13(2)5-20(35)29-16-6-14(8-26-10-16)15-7-17-22(32-33-23(17)28-9-15)24-30-19-12-27-11-18(21(19)31-24)25(36)34(3)4;1-4-20(35)29-16-7-14(9-26-11-16)15-8-17-22(32-33-23(17)28-10-15)24-30-19-13-27-12-18(21(19)31-24)25(36)34(5-2)6-3/h7-14H,5-6H2,1-4H3,(H,30,36)(H,31,32)(H,29,33,34);7-9,11-14H,4-6,10H2,1-3H3,(H,30,31)(H,29,32,33);6-13H,5H2,1-4H3,(H,29,35)(H,30,31)(H,28,32,33);7-13H,4-6H2,1-3H3,(H,29,35)(H,30,31)(H,28,32,33). The van der Waals surface area contributed by atoms with E-state index in [-0.39, 0.29) is 59.0 Å². The molecule has 0 saturated heterocycles. The molecular formula is C102H103N35O8. The van der Waals surface area contributed by atoms with Crippen LogP contribution in [0.2, 0.25) is 0 Å². The lowest BCUT2D eigenvalue weighted by Crippen LogP contribution is -2.30. The van der Waals surface area contributed by atoms with Crippen molar-refractivity contribution >= 4 is 152 Å². The number of imidazole rings is 4. The first-order valence-corrected chi connectivity index (χ1v) is 47.3. The van der Waals surface area contributed by atoms with Crippen molar-refractivity contribution in [1.29, 1.82) is 0 Å². The molecule has 0 fully saturated rings. The van der Waals surface area contributed by atoms with Crippen LogP contribution in [0.4, 0.5) is 17.1 Å². The van der Waals surface area contributed by atoms with Gasteiger partial charge in [-0.1, -0.05) is 47.6 Å². The van der Waals surface area contributed by atoms with Gasteiger partial charge in [-0.25, -0.2) is 39.9 Å². The van der Waals surface area contributed by atoms with Crippen LogP contribution in [-0.2, 0) is 25.6 Å².